The standard InChI is InChI=1S/H2NP3S/c2-1-5(3)4/h2-3H. The van der Waals surface area contributed by atoms with E-state index in [1.165, 1.54) is 0 Å². The second-order valence-corrected chi connectivity index (χ2v) is 4.84. The first-order valence-corrected chi connectivity index (χ1v) is 4.70. The average Bonchev–Trinajstić information content (AvgIpc) is 1.38. The van der Waals surface area contributed by atoms with Crippen molar-refractivity contribution >= 4 is 34.1 Å². The molecule has 0 radical (unpaired) electrons. The van der Waals surface area contributed by atoms with Gasteiger partial charge < -0.3 is 0 Å². The minimum atomic E-state index is -0.284. The van der Waals surface area contributed by atoms with Gasteiger partial charge in [0.05, 0.1) is 0 Å². The summed E-state index contributed by atoms with van der Waals surface area (Å²) in [7, 11) is 9.50. The Kier molecular flexibility index (Phi) is 3.93. The van der Waals surface area contributed by atoms with E-state index in [1.807, 2.05) is 0 Å². The van der Waals surface area contributed by atoms with Gasteiger partial charge in [0.25, 0.3) is 0 Å². The maximum absolute atomic E-state index is 3.82. The zero-order valence-corrected chi connectivity index (χ0v) is 6.01. The number of rotatable bonds is 0. The van der Waals surface area contributed by atoms with Crippen molar-refractivity contribution in [2.75, 3.05) is 0 Å². The summed E-state index contributed by atoms with van der Waals surface area (Å²) < 4.78 is 3.50. The second kappa shape index (κ2) is 3.25. The normalized spacial score (nSPS) is 6.20. The van der Waals surface area contributed by atoms with Crippen LogP contribution in [-0.2, 0) is 9.24 Å². The van der Waals surface area contributed by atoms with Gasteiger partial charge in [0.2, 0.25) is 0 Å². The van der Waals surface area contributed by atoms with E-state index in [0.717, 1.165) is 0 Å². The van der Waals surface area contributed by atoms with E-state index in [2.05, 4.69) is 29.0 Å². The van der Waals surface area contributed by atoms with Crippen molar-refractivity contribution in [2.45, 2.75) is 0 Å². The van der Waals surface area contributed by atoms with Gasteiger partial charge >= 0.3 is 38.2 Å². The first-order chi connectivity index (χ1) is 2.27. The molecule has 0 saturated carbocycles. The molecule has 0 aromatic heterocycles. The first-order valence-electron chi connectivity index (χ1n) is 0.793. The van der Waals surface area contributed by atoms with Crippen LogP contribution in [-0.4, -0.2) is 0 Å². The van der Waals surface area contributed by atoms with Gasteiger partial charge in [-0.2, -0.15) is 0 Å². The average molecular weight is 141 g/mol. The second-order valence-electron chi connectivity index (χ2n) is 0.356. The van der Waals surface area contributed by atoms with Crippen molar-refractivity contribution in [2.24, 2.45) is 4.15 Å². The van der Waals surface area contributed by atoms with Crippen LogP contribution in [0.15, 0.2) is 4.15 Å². The third kappa shape index (κ3) is 5.05. The third-order valence-electron chi connectivity index (χ3n) is 0.0865. The summed E-state index contributed by atoms with van der Waals surface area (Å²) in [5, 5.41) is 0. The summed E-state index contributed by atoms with van der Waals surface area (Å²) in [5.41, 5.74) is 0. The van der Waals surface area contributed by atoms with E-state index in [-0.39, 0.29) is 9.24 Å². The molecule has 0 amide bonds. The van der Waals surface area contributed by atoms with Crippen LogP contribution in [0.2, 0.25) is 0 Å². The fourth-order valence-electron chi connectivity index (χ4n) is 0. The van der Waals surface area contributed by atoms with E-state index in [4.69, 9.17) is 0 Å². The maximum atomic E-state index is 3.82. The van der Waals surface area contributed by atoms with Crippen LogP contribution in [0.25, 0.3) is 0 Å². The van der Waals surface area contributed by atoms with Crippen LogP contribution < -0.4 is 0 Å². The third-order valence-corrected chi connectivity index (χ3v) is 2.33. The first kappa shape index (κ1) is 6.05. The molecule has 5 heteroatoms. The Hall–Kier alpha value is 1.05. The monoisotopic (exact) mass is 141 g/mol. The number of nitrogens with zero attached hydrogens (tertiary/aromatic N) is 1. The Balaban J connectivity index is 3.90. The topological polar surface area (TPSA) is 12.4 Å². The van der Waals surface area contributed by atoms with E-state index < -0.39 is 0 Å². The Morgan fingerprint density at radius 1 is 1.80 bits per heavy atom. The molecule has 0 bridgehead atoms. The molecule has 5 heavy (non-hydrogen) atoms. The molecule has 0 aliphatic heterocycles. The molecular formula is H2NP3S. The molecule has 0 atom stereocenters. The molecular weight excluding hydrogens is 139 g/mol. The van der Waals surface area contributed by atoms with Crippen LogP contribution in [0, 0.1) is 0 Å². The molecule has 0 aromatic carbocycles. The molecule has 0 spiro atoms. The molecule has 0 heterocycles. The minimum absolute atomic E-state index is 0.284. The number of hydrogen-bond donors (Lipinski definition) is 0. The number of hydrogen-bond acceptors (Lipinski definition) is 0. The van der Waals surface area contributed by atoms with Gasteiger partial charge in [0.15, 0.2) is 0 Å². The zero-order valence-electron chi connectivity index (χ0n) is 2.30. The molecule has 0 saturated heterocycles. The van der Waals surface area contributed by atoms with Gasteiger partial charge in [-0.15, -0.1) is 0 Å². The van der Waals surface area contributed by atoms with Crippen LogP contribution in [0.4, 0.5) is 0 Å². The Labute approximate surface area is 38.9 Å². The molecule has 0 fully saturated rings. The molecule has 0 unspecified atom stereocenters. The predicted octanol–water partition coefficient (Wildman–Crippen LogP) is 2.23. The van der Waals surface area contributed by atoms with Gasteiger partial charge in [-0.05, 0) is 0 Å². The molecule has 1 nitrogen and oxygen atoms in total. The van der Waals surface area contributed by atoms with Crippen molar-refractivity contribution in [3.63, 3.8) is 0 Å². The van der Waals surface area contributed by atoms with Crippen molar-refractivity contribution in [3.8, 4) is 0 Å². The molecule has 0 rings (SSSR count). The van der Waals surface area contributed by atoms with Crippen LogP contribution in [0.3, 0.4) is 0 Å². The molecule has 0 aliphatic rings. The Bertz CT molecular complexity index is 128. The Morgan fingerprint density at radius 3 is 2.00 bits per heavy atom. The Morgan fingerprint density at radius 2 is 2.00 bits per heavy atom. The fraction of sp³-hybridized carbons (Fsp3) is 0. The quantitative estimate of drug-likeness (QED) is 0.458. The van der Waals surface area contributed by atoms with E-state index >= 15 is 0 Å². The van der Waals surface area contributed by atoms with Crippen molar-refractivity contribution in [1.29, 1.82) is 0 Å². The van der Waals surface area contributed by atoms with Crippen LogP contribution in [0.1, 0.15) is 0 Å². The zero-order chi connectivity index (χ0) is 4.28. The van der Waals surface area contributed by atoms with Gasteiger partial charge in [0, 0.05) is 0 Å². The van der Waals surface area contributed by atoms with Crippen molar-refractivity contribution in [3.05, 3.63) is 0 Å². The van der Waals surface area contributed by atoms with Crippen molar-refractivity contribution < 1.29 is 0 Å². The van der Waals surface area contributed by atoms with Crippen molar-refractivity contribution in [1.82, 2.24) is 0 Å². The van der Waals surface area contributed by atoms with Gasteiger partial charge in [-0.1, -0.05) is 0 Å². The molecule has 0 aromatic rings. The van der Waals surface area contributed by atoms with Gasteiger partial charge in [-0.25, -0.2) is 0 Å². The molecule has 0 aliphatic carbocycles. The summed E-state index contributed by atoms with van der Waals surface area (Å²) in [6, 6.07) is 0. The van der Waals surface area contributed by atoms with Gasteiger partial charge in [0.1, 0.15) is 0 Å². The summed E-state index contributed by atoms with van der Waals surface area (Å²) in [5.74, 6) is 0. The molecule has 28 valence electrons. The van der Waals surface area contributed by atoms with Crippen LogP contribution in [0.5, 0.6) is 0 Å². The summed E-state index contributed by atoms with van der Waals surface area (Å²) >= 11 is 0. The summed E-state index contributed by atoms with van der Waals surface area (Å²) in [6.07, 6.45) is 0. The fourth-order valence-corrected chi connectivity index (χ4v) is 0. The van der Waals surface area contributed by atoms with E-state index in [0.29, 0.717) is 0 Å². The van der Waals surface area contributed by atoms with Gasteiger partial charge in [-0.3, -0.25) is 0 Å². The summed E-state index contributed by atoms with van der Waals surface area (Å²) in [4.78, 5) is 0. The SMILES string of the molecule is P#S(=P)N=P. The van der Waals surface area contributed by atoms with Crippen LogP contribution >= 0.6 is 24.9 Å². The van der Waals surface area contributed by atoms with E-state index in [9.17, 15) is 0 Å². The summed E-state index contributed by atoms with van der Waals surface area (Å²) in [6.45, 7) is 0. The van der Waals surface area contributed by atoms with E-state index in [1.54, 1.807) is 0 Å². The predicted molar refractivity (Wildman–Crippen MR) is 33.3 cm³/mol. The molecule has 0 N–H and O–H groups in total.